The first kappa shape index (κ1) is 12.1. The molecule has 2 heteroatoms. The van der Waals surface area contributed by atoms with Crippen LogP contribution >= 0.6 is 0 Å². The number of rotatable bonds is 5. The van der Waals surface area contributed by atoms with Crippen molar-refractivity contribution in [1.29, 1.82) is 0 Å². The topological polar surface area (TPSA) is 38.0 Å². The summed E-state index contributed by atoms with van der Waals surface area (Å²) in [6.07, 6.45) is 1.13. The first-order valence-corrected chi connectivity index (χ1v) is 5.68. The van der Waals surface area contributed by atoms with E-state index in [0.29, 0.717) is 5.92 Å². The number of benzene rings is 1. The lowest BCUT2D eigenvalue weighted by molar-refractivity contribution is 0.548. The summed E-state index contributed by atoms with van der Waals surface area (Å²) < 4.78 is 0. The molecule has 0 bridgehead atoms. The average molecular weight is 206 g/mol. The molecule has 0 radical (unpaired) electrons. The van der Waals surface area contributed by atoms with E-state index < -0.39 is 0 Å². The molecule has 15 heavy (non-hydrogen) atoms. The zero-order chi connectivity index (χ0) is 11.3. The van der Waals surface area contributed by atoms with Crippen molar-refractivity contribution in [3.63, 3.8) is 0 Å². The molecule has 0 aliphatic heterocycles. The number of nitrogens with one attached hydrogen (secondary N) is 1. The van der Waals surface area contributed by atoms with Crippen LogP contribution in [0.2, 0.25) is 0 Å². The van der Waals surface area contributed by atoms with Crippen LogP contribution in [0.15, 0.2) is 18.2 Å². The standard InChI is InChI=1S/C13H22N2/c1-4-12(8-14)9-15-13-6-10(2)5-11(3)7-13/h5-7,12,15H,4,8-9,14H2,1-3H3. The molecule has 0 spiro atoms. The Hall–Kier alpha value is -1.02. The lowest BCUT2D eigenvalue weighted by Gasteiger charge is -2.15. The maximum absolute atomic E-state index is 5.67. The summed E-state index contributed by atoms with van der Waals surface area (Å²) in [7, 11) is 0. The van der Waals surface area contributed by atoms with Crippen LogP contribution in [-0.4, -0.2) is 13.1 Å². The van der Waals surface area contributed by atoms with Crippen molar-refractivity contribution in [2.75, 3.05) is 18.4 Å². The predicted molar refractivity (Wildman–Crippen MR) is 67.2 cm³/mol. The van der Waals surface area contributed by atoms with E-state index in [1.54, 1.807) is 0 Å². The van der Waals surface area contributed by atoms with Gasteiger partial charge in [-0.05, 0) is 49.6 Å². The lowest BCUT2D eigenvalue weighted by atomic mass is 10.1. The fourth-order valence-corrected chi connectivity index (χ4v) is 1.73. The van der Waals surface area contributed by atoms with Crippen molar-refractivity contribution in [1.82, 2.24) is 0 Å². The van der Waals surface area contributed by atoms with Crippen molar-refractivity contribution in [2.24, 2.45) is 11.7 Å². The van der Waals surface area contributed by atoms with Gasteiger partial charge in [-0.2, -0.15) is 0 Å². The summed E-state index contributed by atoms with van der Waals surface area (Å²) in [5, 5.41) is 3.45. The number of aryl methyl sites for hydroxylation is 2. The van der Waals surface area contributed by atoms with E-state index in [-0.39, 0.29) is 0 Å². The predicted octanol–water partition coefficient (Wildman–Crippen LogP) is 2.70. The normalized spacial score (nSPS) is 12.5. The summed E-state index contributed by atoms with van der Waals surface area (Å²) in [5.41, 5.74) is 9.48. The Morgan fingerprint density at radius 3 is 2.27 bits per heavy atom. The fourth-order valence-electron chi connectivity index (χ4n) is 1.73. The molecule has 0 heterocycles. The van der Waals surface area contributed by atoms with Gasteiger partial charge in [0, 0.05) is 12.2 Å². The van der Waals surface area contributed by atoms with Gasteiger partial charge in [0.25, 0.3) is 0 Å². The van der Waals surface area contributed by atoms with E-state index in [9.17, 15) is 0 Å². The molecule has 0 saturated heterocycles. The monoisotopic (exact) mass is 206 g/mol. The van der Waals surface area contributed by atoms with Crippen LogP contribution < -0.4 is 11.1 Å². The van der Waals surface area contributed by atoms with Gasteiger partial charge in [-0.3, -0.25) is 0 Å². The Morgan fingerprint density at radius 1 is 1.20 bits per heavy atom. The number of hydrogen-bond donors (Lipinski definition) is 2. The van der Waals surface area contributed by atoms with Crippen LogP contribution in [0.1, 0.15) is 24.5 Å². The van der Waals surface area contributed by atoms with Crippen molar-refractivity contribution < 1.29 is 0 Å². The molecule has 1 unspecified atom stereocenters. The lowest BCUT2D eigenvalue weighted by Crippen LogP contribution is -2.22. The van der Waals surface area contributed by atoms with Gasteiger partial charge < -0.3 is 11.1 Å². The van der Waals surface area contributed by atoms with Crippen molar-refractivity contribution >= 4 is 5.69 Å². The maximum atomic E-state index is 5.67. The van der Waals surface area contributed by atoms with Gasteiger partial charge in [-0.1, -0.05) is 19.4 Å². The van der Waals surface area contributed by atoms with Gasteiger partial charge in [-0.25, -0.2) is 0 Å². The van der Waals surface area contributed by atoms with Crippen LogP contribution in [0.3, 0.4) is 0 Å². The third-order valence-electron chi connectivity index (χ3n) is 2.73. The molecule has 1 aromatic rings. The Morgan fingerprint density at radius 2 is 1.80 bits per heavy atom. The van der Waals surface area contributed by atoms with E-state index in [4.69, 9.17) is 5.73 Å². The summed E-state index contributed by atoms with van der Waals surface area (Å²) >= 11 is 0. The zero-order valence-corrected chi connectivity index (χ0v) is 10.0. The van der Waals surface area contributed by atoms with Crippen molar-refractivity contribution in [3.05, 3.63) is 29.3 Å². The molecule has 1 atom stereocenters. The summed E-state index contributed by atoms with van der Waals surface area (Å²) in [5.74, 6) is 0.575. The van der Waals surface area contributed by atoms with Gasteiger partial charge in [0.15, 0.2) is 0 Å². The molecule has 0 fully saturated rings. The van der Waals surface area contributed by atoms with Crippen LogP contribution in [0, 0.1) is 19.8 Å². The second-order valence-electron chi connectivity index (χ2n) is 4.27. The van der Waals surface area contributed by atoms with E-state index in [2.05, 4.69) is 44.3 Å². The van der Waals surface area contributed by atoms with Crippen LogP contribution in [0.25, 0.3) is 0 Å². The van der Waals surface area contributed by atoms with Crippen LogP contribution in [0.5, 0.6) is 0 Å². The highest BCUT2D eigenvalue weighted by molar-refractivity contribution is 5.48. The van der Waals surface area contributed by atoms with Crippen molar-refractivity contribution in [2.45, 2.75) is 27.2 Å². The molecule has 1 aromatic carbocycles. The number of anilines is 1. The van der Waals surface area contributed by atoms with Crippen LogP contribution in [-0.2, 0) is 0 Å². The highest BCUT2D eigenvalue weighted by Gasteiger charge is 2.03. The highest BCUT2D eigenvalue weighted by Crippen LogP contribution is 2.14. The number of nitrogens with two attached hydrogens (primary N) is 1. The Bertz CT molecular complexity index is 283. The molecular formula is C13H22N2. The average Bonchev–Trinajstić information content (AvgIpc) is 2.18. The fraction of sp³-hybridized carbons (Fsp3) is 0.538. The summed E-state index contributed by atoms with van der Waals surface area (Å²) in [4.78, 5) is 0. The van der Waals surface area contributed by atoms with Gasteiger partial charge in [0.1, 0.15) is 0 Å². The van der Waals surface area contributed by atoms with Crippen molar-refractivity contribution in [3.8, 4) is 0 Å². The minimum atomic E-state index is 0.575. The smallest absolute Gasteiger partial charge is 0.0345 e. The molecule has 2 nitrogen and oxygen atoms in total. The molecule has 0 aliphatic rings. The Balaban J connectivity index is 2.57. The third kappa shape index (κ3) is 3.92. The van der Waals surface area contributed by atoms with Gasteiger partial charge >= 0.3 is 0 Å². The minimum absolute atomic E-state index is 0.575. The minimum Gasteiger partial charge on any atom is -0.385 e. The maximum Gasteiger partial charge on any atom is 0.0345 e. The van der Waals surface area contributed by atoms with Gasteiger partial charge in [-0.15, -0.1) is 0 Å². The molecule has 0 aromatic heterocycles. The van der Waals surface area contributed by atoms with Gasteiger partial charge in [0.2, 0.25) is 0 Å². The van der Waals surface area contributed by atoms with Crippen LogP contribution in [0.4, 0.5) is 5.69 Å². The first-order chi connectivity index (χ1) is 7.15. The molecular weight excluding hydrogens is 184 g/mol. The molecule has 0 aliphatic carbocycles. The SMILES string of the molecule is CCC(CN)CNc1cc(C)cc(C)c1. The highest BCUT2D eigenvalue weighted by atomic mass is 14.9. The van der Waals surface area contributed by atoms with E-state index in [0.717, 1.165) is 19.5 Å². The molecule has 0 saturated carbocycles. The second kappa shape index (κ2) is 5.76. The van der Waals surface area contributed by atoms with E-state index in [1.165, 1.54) is 16.8 Å². The summed E-state index contributed by atoms with van der Waals surface area (Å²) in [6.45, 7) is 8.15. The largest absolute Gasteiger partial charge is 0.385 e. The molecule has 3 N–H and O–H groups in total. The van der Waals surface area contributed by atoms with Gasteiger partial charge in [0.05, 0.1) is 0 Å². The summed E-state index contributed by atoms with van der Waals surface area (Å²) in [6, 6.07) is 6.54. The van der Waals surface area contributed by atoms with E-state index >= 15 is 0 Å². The molecule has 84 valence electrons. The Labute approximate surface area is 92.9 Å². The zero-order valence-electron chi connectivity index (χ0n) is 10.0. The third-order valence-corrected chi connectivity index (χ3v) is 2.73. The number of hydrogen-bond acceptors (Lipinski definition) is 2. The molecule has 1 rings (SSSR count). The van der Waals surface area contributed by atoms with E-state index in [1.807, 2.05) is 0 Å². The second-order valence-corrected chi connectivity index (χ2v) is 4.27. The molecule has 0 amide bonds. The Kier molecular flexibility index (Phi) is 4.63. The quantitative estimate of drug-likeness (QED) is 0.777. The first-order valence-electron chi connectivity index (χ1n) is 5.68.